The number of anilines is 1. The molecular formula is C15H17N3O2S. The molecule has 0 spiro atoms. The lowest BCUT2D eigenvalue weighted by Gasteiger charge is -2.13. The van der Waals surface area contributed by atoms with E-state index >= 15 is 0 Å². The Morgan fingerprint density at radius 2 is 2.10 bits per heavy atom. The van der Waals surface area contributed by atoms with Gasteiger partial charge < -0.3 is 5.32 Å². The van der Waals surface area contributed by atoms with Crippen LogP contribution in [0.1, 0.15) is 29.3 Å². The molecule has 0 saturated carbocycles. The van der Waals surface area contributed by atoms with Gasteiger partial charge in [0, 0.05) is 23.3 Å². The van der Waals surface area contributed by atoms with E-state index in [-0.39, 0.29) is 5.91 Å². The Bertz CT molecular complexity index is 765. The minimum Gasteiger partial charge on any atom is -0.311 e. The van der Waals surface area contributed by atoms with Crippen molar-refractivity contribution < 1.29 is 9.00 Å². The molecule has 21 heavy (non-hydrogen) atoms. The number of benzene rings is 1. The fraction of sp³-hybridized carbons (Fsp3) is 0.333. The molecule has 2 aromatic rings. The zero-order valence-electron chi connectivity index (χ0n) is 12.3. The topological polar surface area (TPSA) is 64.0 Å². The van der Waals surface area contributed by atoms with E-state index in [9.17, 15) is 9.00 Å². The first-order valence-electron chi connectivity index (χ1n) is 6.77. The van der Waals surface area contributed by atoms with Gasteiger partial charge in [0.2, 0.25) is 5.91 Å². The summed E-state index contributed by atoms with van der Waals surface area (Å²) in [4.78, 5) is 11.5. The van der Waals surface area contributed by atoms with Gasteiger partial charge in [0.1, 0.15) is 5.82 Å². The van der Waals surface area contributed by atoms with Crippen molar-refractivity contribution in [3.05, 3.63) is 40.6 Å². The third-order valence-corrected chi connectivity index (χ3v) is 4.97. The summed E-state index contributed by atoms with van der Waals surface area (Å²) in [5, 5.41) is 7.42. The normalized spacial score (nSPS) is 16.8. The van der Waals surface area contributed by atoms with E-state index in [1.54, 1.807) is 4.68 Å². The lowest BCUT2D eigenvalue weighted by atomic mass is 10.1. The fourth-order valence-electron chi connectivity index (χ4n) is 2.56. The van der Waals surface area contributed by atoms with Crippen LogP contribution >= 0.6 is 0 Å². The van der Waals surface area contributed by atoms with Crippen molar-refractivity contribution >= 4 is 22.5 Å². The molecule has 5 nitrogen and oxygen atoms in total. The number of aryl methyl sites for hydroxylation is 1. The average Bonchev–Trinajstić information content (AvgIpc) is 2.91. The summed E-state index contributed by atoms with van der Waals surface area (Å²) in [7, 11) is -0.915. The lowest BCUT2D eigenvalue weighted by molar-refractivity contribution is -0.114. The van der Waals surface area contributed by atoms with E-state index in [2.05, 4.69) is 10.4 Å². The van der Waals surface area contributed by atoms with Crippen molar-refractivity contribution in [2.24, 2.45) is 0 Å². The lowest BCUT2D eigenvalue weighted by Crippen LogP contribution is -2.13. The van der Waals surface area contributed by atoms with Crippen LogP contribution in [0.2, 0.25) is 0 Å². The molecule has 110 valence electrons. The largest absolute Gasteiger partial charge is 0.311 e. The molecule has 1 aliphatic rings. The van der Waals surface area contributed by atoms with E-state index < -0.39 is 10.8 Å². The summed E-state index contributed by atoms with van der Waals surface area (Å²) in [6.07, 6.45) is 0. The van der Waals surface area contributed by atoms with Gasteiger partial charge >= 0.3 is 0 Å². The van der Waals surface area contributed by atoms with Gasteiger partial charge in [-0.15, -0.1) is 0 Å². The number of hydrogen-bond acceptors (Lipinski definition) is 3. The van der Waals surface area contributed by atoms with Crippen LogP contribution in [0.15, 0.2) is 18.2 Å². The van der Waals surface area contributed by atoms with E-state index in [0.717, 1.165) is 22.5 Å². The smallest absolute Gasteiger partial charge is 0.222 e. The number of amides is 1. The fourth-order valence-corrected chi connectivity index (χ4v) is 3.83. The molecule has 6 heteroatoms. The summed E-state index contributed by atoms with van der Waals surface area (Å²) in [6, 6.07) is 6.00. The van der Waals surface area contributed by atoms with Crippen LogP contribution in [0.5, 0.6) is 0 Å². The maximum atomic E-state index is 11.7. The van der Waals surface area contributed by atoms with Gasteiger partial charge in [0.25, 0.3) is 0 Å². The van der Waals surface area contributed by atoms with E-state index in [4.69, 9.17) is 0 Å². The first kappa shape index (κ1) is 14.0. The maximum absolute atomic E-state index is 11.7. The summed E-state index contributed by atoms with van der Waals surface area (Å²) in [5.41, 5.74) is 4.94. The molecule has 1 aromatic heterocycles. The van der Waals surface area contributed by atoms with E-state index in [1.165, 1.54) is 12.5 Å². The van der Waals surface area contributed by atoms with Gasteiger partial charge in [0.05, 0.1) is 22.9 Å². The second-order valence-corrected chi connectivity index (χ2v) is 6.77. The predicted octanol–water partition coefficient (Wildman–Crippen LogP) is 2.21. The third-order valence-electron chi connectivity index (χ3n) is 3.77. The van der Waals surface area contributed by atoms with Crippen LogP contribution in [0, 0.1) is 13.8 Å². The van der Waals surface area contributed by atoms with E-state index in [1.807, 2.05) is 32.0 Å². The van der Waals surface area contributed by atoms with Gasteiger partial charge in [-0.3, -0.25) is 9.00 Å². The molecule has 0 saturated heterocycles. The van der Waals surface area contributed by atoms with Crippen molar-refractivity contribution in [3.8, 4) is 5.69 Å². The van der Waals surface area contributed by atoms with Crippen LogP contribution in [0.4, 0.5) is 5.82 Å². The van der Waals surface area contributed by atoms with Crippen LogP contribution in [-0.4, -0.2) is 19.9 Å². The molecule has 1 aromatic carbocycles. The number of rotatable bonds is 2. The van der Waals surface area contributed by atoms with Crippen molar-refractivity contribution in [2.45, 2.75) is 32.3 Å². The zero-order valence-corrected chi connectivity index (χ0v) is 13.1. The Morgan fingerprint density at radius 3 is 2.81 bits per heavy atom. The number of hydrogen-bond donors (Lipinski definition) is 1. The molecule has 1 unspecified atom stereocenters. The second kappa shape index (κ2) is 5.11. The van der Waals surface area contributed by atoms with Crippen LogP contribution in [-0.2, 0) is 27.1 Å². The van der Waals surface area contributed by atoms with Crippen LogP contribution in [0.3, 0.4) is 0 Å². The molecule has 3 rings (SSSR count). The minimum absolute atomic E-state index is 0.151. The molecule has 1 aliphatic heterocycles. The monoisotopic (exact) mass is 303 g/mol. The van der Waals surface area contributed by atoms with Crippen molar-refractivity contribution in [1.82, 2.24) is 9.78 Å². The number of carbonyl (C=O) groups excluding carboxylic acids is 1. The molecule has 1 amide bonds. The Kier molecular flexibility index (Phi) is 3.41. The summed E-state index contributed by atoms with van der Waals surface area (Å²) in [5.74, 6) is 1.41. The van der Waals surface area contributed by atoms with Crippen molar-refractivity contribution in [2.75, 3.05) is 5.32 Å². The van der Waals surface area contributed by atoms with Gasteiger partial charge in [-0.1, -0.05) is 12.1 Å². The molecule has 0 aliphatic carbocycles. The third kappa shape index (κ3) is 2.40. The Hall–Kier alpha value is -1.95. The number of fused-ring (bicyclic) bond motifs is 1. The molecule has 2 heterocycles. The van der Waals surface area contributed by atoms with Crippen molar-refractivity contribution in [3.63, 3.8) is 0 Å². The predicted molar refractivity (Wildman–Crippen MR) is 82.9 cm³/mol. The van der Waals surface area contributed by atoms with Crippen LogP contribution in [0.25, 0.3) is 5.69 Å². The van der Waals surface area contributed by atoms with Gasteiger partial charge in [0.15, 0.2) is 0 Å². The van der Waals surface area contributed by atoms with Crippen molar-refractivity contribution in [1.29, 1.82) is 0 Å². The quantitative estimate of drug-likeness (QED) is 0.925. The van der Waals surface area contributed by atoms with Gasteiger partial charge in [-0.2, -0.15) is 5.10 Å². The summed E-state index contributed by atoms with van der Waals surface area (Å²) >= 11 is 0. The molecular weight excluding hydrogens is 286 g/mol. The highest BCUT2D eigenvalue weighted by atomic mass is 32.2. The highest BCUT2D eigenvalue weighted by molar-refractivity contribution is 7.83. The molecule has 0 fully saturated rings. The first-order valence-corrected chi connectivity index (χ1v) is 8.26. The standard InChI is InChI=1S/C15H17N3O2S/c1-9-5-4-6-14(10(9)2)18-15(16-11(3)19)12-7-21(20)8-13(12)17-18/h4-6H,7-8H2,1-3H3,(H,16,19). The number of aromatic nitrogens is 2. The molecule has 0 bridgehead atoms. The highest BCUT2D eigenvalue weighted by Gasteiger charge is 2.28. The van der Waals surface area contributed by atoms with Gasteiger partial charge in [-0.05, 0) is 31.0 Å². The second-order valence-electron chi connectivity index (χ2n) is 5.31. The number of nitrogens with one attached hydrogen (secondary N) is 1. The first-order chi connectivity index (χ1) is 9.97. The molecule has 0 radical (unpaired) electrons. The highest BCUT2D eigenvalue weighted by Crippen LogP contribution is 2.32. The number of nitrogens with zero attached hydrogens (tertiary/aromatic N) is 2. The Morgan fingerprint density at radius 1 is 1.33 bits per heavy atom. The Balaban J connectivity index is 2.19. The van der Waals surface area contributed by atoms with Gasteiger partial charge in [-0.25, -0.2) is 4.68 Å². The summed E-state index contributed by atoms with van der Waals surface area (Å²) in [6.45, 7) is 5.55. The Labute approximate surface area is 125 Å². The molecule has 1 N–H and O–H groups in total. The SMILES string of the molecule is CC(=O)Nc1c2c(nn1-c1cccc(C)c1C)CS(=O)C2. The molecule has 1 atom stereocenters. The average molecular weight is 303 g/mol. The van der Waals surface area contributed by atoms with Crippen LogP contribution < -0.4 is 5.32 Å². The zero-order chi connectivity index (χ0) is 15.1. The number of carbonyl (C=O) groups is 1. The summed E-state index contributed by atoms with van der Waals surface area (Å²) < 4.78 is 13.5. The van der Waals surface area contributed by atoms with E-state index in [0.29, 0.717) is 17.3 Å². The maximum Gasteiger partial charge on any atom is 0.222 e. The minimum atomic E-state index is -0.915.